The highest BCUT2D eigenvalue weighted by atomic mass is 15.2. The molecule has 0 spiro atoms. The van der Waals surface area contributed by atoms with Crippen molar-refractivity contribution in [2.75, 3.05) is 33.7 Å². The van der Waals surface area contributed by atoms with Crippen LogP contribution in [0.5, 0.6) is 0 Å². The second-order valence-corrected chi connectivity index (χ2v) is 5.41. The summed E-state index contributed by atoms with van der Waals surface area (Å²) in [4.78, 5) is 4.95. The van der Waals surface area contributed by atoms with Crippen molar-refractivity contribution in [1.82, 2.24) is 15.1 Å². The van der Waals surface area contributed by atoms with Crippen LogP contribution in [0.3, 0.4) is 0 Å². The molecule has 3 atom stereocenters. The number of hydrogen-bond donors (Lipinski definition) is 1. The Morgan fingerprint density at radius 3 is 2.60 bits per heavy atom. The Morgan fingerprint density at radius 2 is 2.07 bits per heavy atom. The molecule has 0 aromatic rings. The first-order chi connectivity index (χ1) is 7.16. The maximum Gasteiger partial charge on any atom is 0.0218 e. The third kappa shape index (κ3) is 2.71. The van der Waals surface area contributed by atoms with E-state index in [4.69, 9.17) is 0 Å². The molecule has 2 saturated heterocycles. The van der Waals surface area contributed by atoms with Gasteiger partial charge in [-0.25, -0.2) is 0 Å². The molecule has 0 bridgehead atoms. The Labute approximate surface area is 93.8 Å². The van der Waals surface area contributed by atoms with E-state index in [-0.39, 0.29) is 0 Å². The topological polar surface area (TPSA) is 18.5 Å². The van der Waals surface area contributed by atoms with Crippen LogP contribution in [-0.2, 0) is 0 Å². The number of nitrogens with zero attached hydrogens (tertiary/aromatic N) is 2. The van der Waals surface area contributed by atoms with Crippen LogP contribution in [0, 0.1) is 0 Å². The van der Waals surface area contributed by atoms with Crippen molar-refractivity contribution in [1.29, 1.82) is 0 Å². The number of hydrogen-bond acceptors (Lipinski definition) is 3. The number of nitrogens with one attached hydrogen (secondary N) is 1. The molecule has 0 amide bonds. The van der Waals surface area contributed by atoms with Gasteiger partial charge in [0, 0.05) is 31.2 Å². The number of likely N-dealkylation sites (tertiary alicyclic amines) is 2. The average molecular weight is 211 g/mol. The van der Waals surface area contributed by atoms with E-state index < -0.39 is 0 Å². The van der Waals surface area contributed by atoms with E-state index in [0.29, 0.717) is 0 Å². The standard InChI is InChI=1S/C12H25N3/c1-10-7-11(9-15(10)3)13-8-12-5-4-6-14(12)2/h10-13H,4-9H2,1-3H3. The quantitative estimate of drug-likeness (QED) is 0.743. The van der Waals surface area contributed by atoms with E-state index in [9.17, 15) is 0 Å². The lowest BCUT2D eigenvalue weighted by Crippen LogP contribution is -2.41. The highest BCUT2D eigenvalue weighted by molar-refractivity contribution is 4.87. The van der Waals surface area contributed by atoms with Crippen molar-refractivity contribution >= 4 is 0 Å². The molecular formula is C12H25N3. The van der Waals surface area contributed by atoms with E-state index in [1.54, 1.807) is 0 Å². The Morgan fingerprint density at radius 1 is 1.27 bits per heavy atom. The summed E-state index contributed by atoms with van der Waals surface area (Å²) in [6, 6.07) is 2.26. The monoisotopic (exact) mass is 211 g/mol. The maximum absolute atomic E-state index is 3.73. The molecule has 0 aliphatic carbocycles. The molecule has 2 aliphatic rings. The molecule has 0 aromatic heterocycles. The molecule has 88 valence electrons. The van der Waals surface area contributed by atoms with Gasteiger partial charge in [-0.05, 0) is 46.8 Å². The van der Waals surface area contributed by atoms with Crippen molar-refractivity contribution in [3.05, 3.63) is 0 Å². The van der Waals surface area contributed by atoms with Crippen molar-refractivity contribution in [3.63, 3.8) is 0 Å². The fourth-order valence-corrected chi connectivity index (χ4v) is 2.88. The highest BCUT2D eigenvalue weighted by Crippen LogP contribution is 2.17. The van der Waals surface area contributed by atoms with Crippen molar-refractivity contribution in [2.45, 2.75) is 44.3 Å². The van der Waals surface area contributed by atoms with E-state index in [1.807, 2.05) is 0 Å². The summed E-state index contributed by atoms with van der Waals surface area (Å²) in [7, 11) is 4.48. The zero-order valence-electron chi connectivity index (χ0n) is 10.4. The predicted octanol–water partition coefficient (Wildman–Crippen LogP) is 0.763. The lowest BCUT2D eigenvalue weighted by atomic mass is 10.1. The molecule has 0 aromatic carbocycles. The van der Waals surface area contributed by atoms with Gasteiger partial charge in [0.2, 0.25) is 0 Å². The summed E-state index contributed by atoms with van der Waals surface area (Å²) >= 11 is 0. The van der Waals surface area contributed by atoms with Gasteiger partial charge in [-0.15, -0.1) is 0 Å². The average Bonchev–Trinajstić information content (AvgIpc) is 2.72. The minimum atomic E-state index is 0.721. The van der Waals surface area contributed by atoms with Crippen molar-refractivity contribution in [2.24, 2.45) is 0 Å². The largest absolute Gasteiger partial charge is 0.311 e. The van der Waals surface area contributed by atoms with Crippen LogP contribution < -0.4 is 5.32 Å². The Hall–Kier alpha value is -0.120. The first-order valence-electron chi connectivity index (χ1n) is 6.30. The maximum atomic E-state index is 3.73. The molecule has 0 saturated carbocycles. The van der Waals surface area contributed by atoms with Gasteiger partial charge in [0.05, 0.1) is 0 Å². The molecule has 0 radical (unpaired) electrons. The van der Waals surface area contributed by atoms with Gasteiger partial charge in [0.15, 0.2) is 0 Å². The van der Waals surface area contributed by atoms with Crippen LogP contribution in [0.15, 0.2) is 0 Å². The number of rotatable bonds is 3. The van der Waals surface area contributed by atoms with Crippen LogP contribution in [0.1, 0.15) is 26.2 Å². The second-order valence-electron chi connectivity index (χ2n) is 5.41. The summed E-state index contributed by atoms with van der Waals surface area (Å²) in [5.74, 6) is 0. The summed E-state index contributed by atoms with van der Waals surface area (Å²) in [5.41, 5.74) is 0. The molecule has 3 unspecified atom stereocenters. The van der Waals surface area contributed by atoms with Gasteiger partial charge in [-0.3, -0.25) is 0 Å². The van der Waals surface area contributed by atoms with Gasteiger partial charge in [-0.1, -0.05) is 0 Å². The molecule has 2 fully saturated rings. The molecule has 1 N–H and O–H groups in total. The molecule has 2 rings (SSSR count). The molecule has 3 nitrogen and oxygen atoms in total. The van der Waals surface area contributed by atoms with Gasteiger partial charge in [0.25, 0.3) is 0 Å². The first-order valence-corrected chi connectivity index (χ1v) is 6.30. The lowest BCUT2D eigenvalue weighted by Gasteiger charge is -2.22. The third-order valence-electron chi connectivity index (χ3n) is 4.20. The highest BCUT2D eigenvalue weighted by Gasteiger charge is 2.27. The van der Waals surface area contributed by atoms with Crippen LogP contribution >= 0.6 is 0 Å². The second kappa shape index (κ2) is 4.81. The smallest absolute Gasteiger partial charge is 0.0218 e. The Balaban J connectivity index is 1.70. The van der Waals surface area contributed by atoms with Crippen LogP contribution in [0.2, 0.25) is 0 Å². The summed E-state index contributed by atoms with van der Waals surface area (Å²) in [6.45, 7) is 6.01. The third-order valence-corrected chi connectivity index (χ3v) is 4.20. The summed E-state index contributed by atoms with van der Waals surface area (Å²) in [6.07, 6.45) is 4.07. The van der Waals surface area contributed by atoms with E-state index in [0.717, 1.165) is 18.1 Å². The summed E-state index contributed by atoms with van der Waals surface area (Å²) in [5, 5.41) is 3.73. The van der Waals surface area contributed by atoms with Crippen LogP contribution in [-0.4, -0.2) is 61.7 Å². The van der Waals surface area contributed by atoms with Gasteiger partial charge in [0.1, 0.15) is 0 Å². The lowest BCUT2D eigenvalue weighted by molar-refractivity contribution is 0.288. The zero-order chi connectivity index (χ0) is 10.8. The van der Waals surface area contributed by atoms with E-state index in [1.165, 1.54) is 38.9 Å². The molecule has 2 aliphatic heterocycles. The minimum absolute atomic E-state index is 0.721. The number of likely N-dealkylation sites (N-methyl/N-ethyl adjacent to an activating group) is 2. The summed E-state index contributed by atoms with van der Waals surface area (Å²) < 4.78 is 0. The van der Waals surface area contributed by atoms with Crippen LogP contribution in [0.25, 0.3) is 0 Å². The normalized spacial score (nSPS) is 39.0. The van der Waals surface area contributed by atoms with E-state index >= 15 is 0 Å². The van der Waals surface area contributed by atoms with Crippen molar-refractivity contribution in [3.8, 4) is 0 Å². The zero-order valence-corrected chi connectivity index (χ0v) is 10.4. The Kier molecular flexibility index (Phi) is 3.65. The first kappa shape index (κ1) is 11.4. The predicted molar refractivity (Wildman–Crippen MR) is 64.2 cm³/mol. The Bertz CT molecular complexity index is 197. The SMILES string of the molecule is CC1CC(NCC2CCCN2C)CN1C. The molecular weight excluding hydrogens is 186 g/mol. The fraction of sp³-hybridized carbons (Fsp3) is 1.00. The molecule has 15 heavy (non-hydrogen) atoms. The van der Waals surface area contributed by atoms with E-state index in [2.05, 4.69) is 36.1 Å². The molecule has 2 heterocycles. The van der Waals surface area contributed by atoms with Crippen LogP contribution in [0.4, 0.5) is 0 Å². The van der Waals surface area contributed by atoms with Gasteiger partial charge < -0.3 is 15.1 Å². The van der Waals surface area contributed by atoms with Gasteiger partial charge in [-0.2, -0.15) is 0 Å². The minimum Gasteiger partial charge on any atom is -0.311 e. The van der Waals surface area contributed by atoms with Crippen molar-refractivity contribution < 1.29 is 0 Å². The van der Waals surface area contributed by atoms with Gasteiger partial charge >= 0.3 is 0 Å². The molecule has 3 heteroatoms. The fourth-order valence-electron chi connectivity index (χ4n) is 2.88.